The summed E-state index contributed by atoms with van der Waals surface area (Å²) in [4.78, 5) is 12.3. The van der Waals surface area contributed by atoms with E-state index in [-0.39, 0.29) is 5.75 Å². The second-order valence-electron chi connectivity index (χ2n) is 5.03. The fraction of sp³-hybridized carbons (Fsp3) is 0.235. The molecule has 0 aliphatic heterocycles. The van der Waals surface area contributed by atoms with E-state index < -0.39 is 18.4 Å². The highest BCUT2D eigenvalue weighted by atomic mass is 35.5. The van der Waals surface area contributed by atoms with Crippen molar-refractivity contribution in [2.75, 3.05) is 5.32 Å². The molecule has 1 unspecified atom stereocenters. The van der Waals surface area contributed by atoms with Crippen LogP contribution in [0.5, 0.6) is 11.5 Å². The van der Waals surface area contributed by atoms with Crippen LogP contribution in [0.1, 0.15) is 13.3 Å². The average Bonchev–Trinajstić information content (AvgIpc) is 2.53. The van der Waals surface area contributed by atoms with Crippen LogP contribution < -0.4 is 14.8 Å². The van der Waals surface area contributed by atoms with Gasteiger partial charge in [-0.3, -0.25) is 4.79 Å². The Bertz CT molecular complexity index is 720. The Hall–Kier alpha value is -2.41. The molecule has 0 spiro atoms. The molecule has 4 nitrogen and oxygen atoms in total. The van der Waals surface area contributed by atoms with Crippen molar-refractivity contribution in [2.24, 2.45) is 0 Å². The summed E-state index contributed by atoms with van der Waals surface area (Å²) in [6.07, 6.45) is -5.14. The van der Waals surface area contributed by atoms with Crippen LogP contribution in [-0.4, -0.2) is 18.4 Å². The quantitative estimate of drug-likeness (QED) is 0.772. The molecule has 0 aromatic heterocycles. The second kappa shape index (κ2) is 8.11. The molecular weight excluding hydrogens is 359 g/mol. The maximum absolute atomic E-state index is 12.3. The topological polar surface area (TPSA) is 47.6 Å². The van der Waals surface area contributed by atoms with Crippen molar-refractivity contribution in [3.05, 3.63) is 53.6 Å². The molecular formula is C17H15ClF3NO3. The zero-order chi connectivity index (χ0) is 18.4. The van der Waals surface area contributed by atoms with Gasteiger partial charge in [0.2, 0.25) is 0 Å². The van der Waals surface area contributed by atoms with E-state index in [0.717, 1.165) is 12.1 Å². The van der Waals surface area contributed by atoms with Gasteiger partial charge in [0.15, 0.2) is 6.10 Å². The van der Waals surface area contributed by atoms with Crippen molar-refractivity contribution < 1.29 is 27.4 Å². The SMILES string of the molecule is CCC(Oc1cccc(Cl)c1)C(=O)Nc1ccc(OC(F)(F)F)cc1. The Morgan fingerprint density at radius 2 is 1.84 bits per heavy atom. The van der Waals surface area contributed by atoms with E-state index in [4.69, 9.17) is 16.3 Å². The van der Waals surface area contributed by atoms with Crippen molar-refractivity contribution in [2.45, 2.75) is 25.8 Å². The number of nitrogens with one attached hydrogen (secondary N) is 1. The Morgan fingerprint density at radius 1 is 1.16 bits per heavy atom. The molecule has 0 saturated heterocycles. The van der Waals surface area contributed by atoms with Gasteiger partial charge >= 0.3 is 6.36 Å². The lowest BCUT2D eigenvalue weighted by Crippen LogP contribution is -2.32. The largest absolute Gasteiger partial charge is 0.573 e. The van der Waals surface area contributed by atoms with Crippen molar-refractivity contribution in [1.29, 1.82) is 0 Å². The minimum Gasteiger partial charge on any atom is -0.481 e. The molecule has 134 valence electrons. The lowest BCUT2D eigenvalue weighted by molar-refractivity contribution is -0.274. The second-order valence-corrected chi connectivity index (χ2v) is 5.47. The molecule has 0 bridgehead atoms. The molecule has 1 amide bonds. The Balaban J connectivity index is 1.99. The van der Waals surface area contributed by atoms with Crippen molar-refractivity contribution in [3.8, 4) is 11.5 Å². The Kier molecular flexibility index (Phi) is 6.14. The number of rotatable bonds is 6. The number of amides is 1. The molecule has 0 fully saturated rings. The fourth-order valence-corrected chi connectivity index (χ4v) is 2.17. The van der Waals surface area contributed by atoms with Crippen molar-refractivity contribution in [1.82, 2.24) is 0 Å². The molecule has 2 aromatic carbocycles. The minimum absolute atomic E-state index is 0.327. The average molecular weight is 374 g/mol. The van der Waals surface area contributed by atoms with Crippen LogP contribution in [0.3, 0.4) is 0 Å². The molecule has 0 saturated carbocycles. The van der Waals surface area contributed by atoms with Gasteiger partial charge in [0.25, 0.3) is 5.91 Å². The van der Waals surface area contributed by atoms with Gasteiger partial charge in [0.05, 0.1) is 0 Å². The van der Waals surface area contributed by atoms with Gasteiger partial charge in [-0.05, 0) is 48.9 Å². The van der Waals surface area contributed by atoms with E-state index in [0.29, 0.717) is 22.9 Å². The molecule has 2 rings (SSSR count). The normalized spacial score (nSPS) is 12.4. The smallest absolute Gasteiger partial charge is 0.481 e. The van der Waals surface area contributed by atoms with Crippen LogP contribution >= 0.6 is 11.6 Å². The van der Waals surface area contributed by atoms with Gasteiger partial charge in [-0.25, -0.2) is 0 Å². The number of anilines is 1. The van der Waals surface area contributed by atoms with E-state index in [1.165, 1.54) is 12.1 Å². The van der Waals surface area contributed by atoms with Crippen LogP contribution in [0.25, 0.3) is 0 Å². The van der Waals surface area contributed by atoms with E-state index in [1.807, 2.05) is 0 Å². The predicted molar refractivity (Wildman–Crippen MR) is 87.9 cm³/mol. The van der Waals surface area contributed by atoms with Crippen LogP contribution in [-0.2, 0) is 4.79 Å². The van der Waals surface area contributed by atoms with Crippen LogP contribution in [0, 0.1) is 0 Å². The number of hydrogen-bond acceptors (Lipinski definition) is 3. The standard InChI is InChI=1S/C17H15ClF3NO3/c1-2-15(24-14-5-3-4-11(18)10-14)16(23)22-12-6-8-13(9-7-12)25-17(19,20)21/h3-10,15H,2H2,1H3,(H,22,23). The maximum atomic E-state index is 12.3. The van der Waals surface area contributed by atoms with E-state index >= 15 is 0 Å². The molecule has 1 atom stereocenters. The van der Waals surface area contributed by atoms with Gasteiger partial charge in [0.1, 0.15) is 11.5 Å². The van der Waals surface area contributed by atoms with Gasteiger partial charge in [-0.15, -0.1) is 13.2 Å². The summed E-state index contributed by atoms with van der Waals surface area (Å²) in [5.41, 5.74) is 0.327. The van der Waals surface area contributed by atoms with Gasteiger partial charge in [0, 0.05) is 10.7 Å². The first-order valence-electron chi connectivity index (χ1n) is 7.35. The number of halogens is 4. The Labute approximate surface area is 147 Å². The number of hydrogen-bond donors (Lipinski definition) is 1. The van der Waals surface area contributed by atoms with Crippen LogP contribution in [0.4, 0.5) is 18.9 Å². The lowest BCUT2D eigenvalue weighted by atomic mass is 10.2. The molecule has 25 heavy (non-hydrogen) atoms. The summed E-state index contributed by atoms with van der Waals surface area (Å²) in [5.74, 6) is -0.344. The highest BCUT2D eigenvalue weighted by Gasteiger charge is 2.31. The summed E-state index contributed by atoms with van der Waals surface area (Å²) in [7, 11) is 0. The molecule has 0 heterocycles. The zero-order valence-corrected chi connectivity index (χ0v) is 13.9. The highest BCUT2D eigenvalue weighted by molar-refractivity contribution is 6.30. The first-order chi connectivity index (χ1) is 11.8. The zero-order valence-electron chi connectivity index (χ0n) is 13.1. The number of carbonyl (C=O) groups excluding carboxylic acids is 1. The molecule has 1 N–H and O–H groups in total. The summed E-state index contributed by atoms with van der Waals surface area (Å²) < 4.78 is 45.7. The molecule has 0 aliphatic carbocycles. The van der Waals surface area contributed by atoms with E-state index in [2.05, 4.69) is 10.1 Å². The summed E-state index contributed by atoms with van der Waals surface area (Å²) in [5, 5.41) is 3.06. The summed E-state index contributed by atoms with van der Waals surface area (Å²) in [6.45, 7) is 1.77. The minimum atomic E-state index is -4.76. The summed E-state index contributed by atoms with van der Waals surface area (Å²) >= 11 is 5.87. The monoisotopic (exact) mass is 373 g/mol. The predicted octanol–water partition coefficient (Wildman–Crippen LogP) is 5.03. The molecule has 0 radical (unpaired) electrons. The van der Waals surface area contributed by atoms with Crippen LogP contribution in [0.15, 0.2) is 48.5 Å². The third kappa shape index (κ3) is 6.19. The highest BCUT2D eigenvalue weighted by Crippen LogP contribution is 2.24. The number of carbonyl (C=O) groups is 1. The van der Waals surface area contributed by atoms with Gasteiger partial charge in [-0.1, -0.05) is 24.6 Å². The third-order valence-electron chi connectivity index (χ3n) is 3.09. The first-order valence-corrected chi connectivity index (χ1v) is 7.73. The van der Waals surface area contributed by atoms with E-state index in [9.17, 15) is 18.0 Å². The number of benzene rings is 2. The van der Waals surface area contributed by atoms with Crippen LogP contribution in [0.2, 0.25) is 5.02 Å². The maximum Gasteiger partial charge on any atom is 0.573 e. The summed E-state index contributed by atoms with van der Waals surface area (Å²) in [6, 6.07) is 11.5. The Morgan fingerprint density at radius 3 is 2.40 bits per heavy atom. The number of alkyl halides is 3. The van der Waals surface area contributed by atoms with Crippen molar-refractivity contribution in [3.63, 3.8) is 0 Å². The molecule has 8 heteroatoms. The molecule has 0 aliphatic rings. The van der Waals surface area contributed by atoms with Gasteiger partial charge in [-0.2, -0.15) is 0 Å². The third-order valence-corrected chi connectivity index (χ3v) is 3.33. The lowest BCUT2D eigenvalue weighted by Gasteiger charge is -2.17. The van der Waals surface area contributed by atoms with E-state index in [1.54, 1.807) is 31.2 Å². The number of ether oxygens (including phenoxy) is 2. The van der Waals surface area contributed by atoms with Crippen molar-refractivity contribution >= 4 is 23.2 Å². The molecule has 2 aromatic rings. The fourth-order valence-electron chi connectivity index (χ4n) is 1.99. The van der Waals surface area contributed by atoms with Gasteiger partial charge < -0.3 is 14.8 Å². The first kappa shape index (κ1) is 18.9.